The van der Waals surface area contributed by atoms with E-state index in [1.807, 2.05) is 30.9 Å². The van der Waals surface area contributed by atoms with E-state index in [1.165, 1.54) is 7.11 Å². The zero-order valence-electron chi connectivity index (χ0n) is 27.0. The number of nitrogens with one attached hydrogen (secondary N) is 3. The molecular formula is C34H41Cl2N7O3. The third-order valence-electron chi connectivity index (χ3n) is 8.51. The van der Waals surface area contributed by atoms with Crippen LogP contribution in [0, 0.1) is 11.3 Å². The first kappa shape index (κ1) is 33.5. The first-order valence-corrected chi connectivity index (χ1v) is 16.2. The molecule has 244 valence electrons. The maximum Gasteiger partial charge on any atom is 0.407 e. The molecule has 0 bridgehead atoms. The maximum absolute atomic E-state index is 13.5. The highest BCUT2D eigenvalue weighted by molar-refractivity contribution is 6.17. The fraction of sp³-hybridized carbons (Fsp3) is 0.412. The molecule has 12 heteroatoms. The van der Waals surface area contributed by atoms with Crippen LogP contribution in [-0.4, -0.2) is 55.6 Å². The Balaban J connectivity index is 1.29. The summed E-state index contributed by atoms with van der Waals surface area (Å²) in [4.78, 5) is 42.6. The summed E-state index contributed by atoms with van der Waals surface area (Å²) < 4.78 is 6.31. The maximum atomic E-state index is 13.5. The minimum absolute atomic E-state index is 0.0914. The topological polar surface area (TPSA) is 117 Å². The van der Waals surface area contributed by atoms with Crippen LogP contribution in [0.25, 0.3) is 33.6 Å². The lowest BCUT2D eigenvalue weighted by atomic mass is 9.87. The molecule has 1 aliphatic rings. The summed E-state index contributed by atoms with van der Waals surface area (Å²) in [6.45, 7) is 10.6. The number of alkyl carbamates (subject to hydrolysis) is 1. The quantitative estimate of drug-likeness (QED) is 0.160. The normalized spacial score (nSPS) is 16.5. The second-order valence-corrected chi connectivity index (χ2v) is 13.6. The van der Waals surface area contributed by atoms with E-state index in [9.17, 15) is 9.59 Å². The molecular weight excluding hydrogens is 625 g/mol. The van der Waals surface area contributed by atoms with Crippen molar-refractivity contribution in [1.29, 1.82) is 0 Å². The van der Waals surface area contributed by atoms with Crippen LogP contribution in [0.1, 0.15) is 71.2 Å². The van der Waals surface area contributed by atoms with Gasteiger partial charge < -0.3 is 19.9 Å². The number of aromatic nitrogens is 4. The average molecular weight is 667 g/mol. The number of carbonyl (C=O) groups is 2. The van der Waals surface area contributed by atoms with Gasteiger partial charge in [-0.05, 0) is 52.6 Å². The molecule has 3 heterocycles. The van der Waals surface area contributed by atoms with Crippen LogP contribution in [0.4, 0.5) is 4.79 Å². The van der Waals surface area contributed by atoms with Crippen LogP contribution in [0.2, 0.25) is 0 Å². The number of ether oxygens (including phenoxy) is 1. The molecule has 0 unspecified atom stereocenters. The van der Waals surface area contributed by atoms with Crippen LogP contribution in [0.3, 0.4) is 0 Å². The van der Waals surface area contributed by atoms with Crippen molar-refractivity contribution in [1.82, 2.24) is 34.1 Å². The molecule has 10 nitrogen and oxygen atoms in total. The lowest BCUT2D eigenvalue weighted by Crippen LogP contribution is -2.51. The number of benzene rings is 2. The van der Waals surface area contributed by atoms with Gasteiger partial charge in [0, 0.05) is 23.9 Å². The molecule has 0 aliphatic carbocycles. The number of hydrogen-bond donors (Lipinski definition) is 3. The highest BCUT2D eigenvalue weighted by Crippen LogP contribution is 2.36. The van der Waals surface area contributed by atoms with E-state index in [2.05, 4.69) is 82.3 Å². The van der Waals surface area contributed by atoms with Crippen molar-refractivity contribution in [2.75, 3.05) is 13.7 Å². The molecule has 5 rings (SSSR count). The predicted octanol–water partition coefficient (Wildman–Crippen LogP) is 7.48. The summed E-state index contributed by atoms with van der Waals surface area (Å²) in [6, 6.07) is 15.4. The minimum Gasteiger partial charge on any atom is -0.453 e. The monoisotopic (exact) mass is 665 g/mol. The van der Waals surface area contributed by atoms with E-state index in [1.54, 1.807) is 16.5 Å². The lowest BCUT2D eigenvalue weighted by Gasteiger charge is -2.30. The first-order chi connectivity index (χ1) is 21.9. The smallest absolute Gasteiger partial charge is 0.407 e. The summed E-state index contributed by atoms with van der Waals surface area (Å²) in [5, 5.41) is 2.69. The SMILES string of the molecule is COC(=O)N[C@H](C(=O)N1CCC[C@H]1c1ncc(-c2ccc(-c3ccc(-c4cnc([C@@H](NCl)C(C)(C)C)n4Cl)cc3)cc2)[nH]1)C(C)C. The number of rotatable bonds is 9. The summed E-state index contributed by atoms with van der Waals surface area (Å²) in [6.07, 6.45) is 4.61. The van der Waals surface area contributed by atoms with Gasteiger partial charge >= 0.3 is 6.09 Å². The number of amides is 2. The van der Waals surface area contributed by atoms with Crippen molar-refractivity contribution in [2.45, 2.75) is 65.6 Å². The Kier molecular flexibility index (Phi) is 10.1. The second-order valence-electron chi connectivity index (χ2n) is 13.1. The molecule has 1 aliphatic heterocycles. The lowest BCUT2D eigenvalue weighted by molar-refractivity contribution is -0.135. The standard InChI is InChI=1S/C34H41Cl2N7O3/c1-20(2)28(40-33(45)46-6)32(44)42-17-7-8-26(42)30-37-18-25(39-30)23-13-9-21(10-14-23)22-11-15-24(16-12-22)27-19-38-31(43(27)36)29(41-35)34(3,4)5/h9-16,18-20,26,28-29,41H,7-8,17H2,1-6H3,(H,37,39)(H,40,45)/t26-,28-,29+/m0/s1. The number of halogens is 2. The number of hydrogen-bond acceptors (Lipinski definition) is 6. The van der Waals surface area contributed by atoms with E-state index in [-0.39, 0.29) is 29.3 Å². The van der Waals surface area contributed by atoms with E-state index in [0.717, 1.165) is 52.3 Å². The van der Waals surface area contributed by atoms with E-state index >= 15 is 0 Å². The zero-order valence-corrected chi connectivity index (χ0v) is 28.5. The van der Waals surface area contributed by atoms with Crippen molar-refractivity contribution < 1.29 is 14.3 Å². The number of imidazole rings is 2. The van der Waals surface area contributed by atoms with Crippen LogP contribution >= 0.6 is 23.6 Å². The van der Waals surface area contributed by atoms with E-state index < -0.39 is 12.1 Å². The number of methoxy groups -OCH3 is 1. The molecule has 3 atom stereocenters. The molecule has 0 saturated carbocycles. The molecule has 2 aromatic carbocycles. The van der Waals surface area contributed by atoms with Crippen molar-refractivity contribution in [3.8, 4) is 33.6 Å². The van der Waals surface area contributed by atoms with Gasteiger partial charge in [0.05, 0.1) is 43.0 Å². The van der Waals surface area contributed by atoms with Gasteiger partial charge in [-0.2, -0.15) is 0 Å². The molecule has 0 spiro atoms. The Labute approximate surface area is 280 Å². The predicted molar refractivity (Wildman–Crippen MR) is 181 cm³/mol. The van der Waals surface area contributed by atoms with Crippen LogP contribution in [0.5, 0.6) is 0 Å². The Morgan fingerprint density at radius 3 is 2.15 bits per heavy atom. The van der Waals surface area contributed by atoms with E-state index in [0.29, 0.717) is 12.4 Å². The highest BCUT2D eigenvalue weighted by atomic mass is 35.5. The third kappa shape index (κ3) is 6.94. The van der Waals surface area contributed by atoms with Crippen LogP contribution in [-0.2, 0) is 9.53 Å². The Hall–Kier alpha value is -3.86. The summed E-state index contributed by atoms with van der Waals surface area (Å²) in [5.41, 5.74) is 5.55. The average Bonchev–Trinajstić information content (AvgIpc) is 3.80. The van der Waals surface area contributed by atoms with Crippen LogP contribution < -0.4 is 10.2 Å². The van der Waals surface area contributed by atoms with Crippen molar-refractivity contribution in [3.05, 3.63) is 72.6 Å². The fourth-order valence-electron chi connectivity index (χ4n) is 5.85. The second kappa shape index (κ2) is 13.9. The van der Waals surface area contributed by atoms with Crippen LogP contribution in [0.15, 0.2) is 60.9 Å². The third-order valence-corrected chi connectivity index (χ3v) is 9.09. The van der Waals surface area contributed by atoms with Gasteiger partial charge in [0.2, 0.25) is 5.91 Å². The molecule has 1 fully saturated rings. The molecule has 3 N–H and O–H groups in total. The van der Waals surface area contributed by atoms with Crippen molar-refractivity contribution in [3.63, 3.8) is 0 Å². The number of nitrogens with zero attached hydrogens (tertiary/aromatic N) is 4. The number of likely N-dealkylation sites (tertiary alicyclic amines) is 1. The van der Waals surface area contributed by atoms with Crippen molar-refractivity contribution in [2.24, 2.45) is 11.3 Å². The van der Waals surface area contributed by atoms with Gasteiger partial charge in [-0.25, -0.2) is 23.7 Å². The number of carbonyl (C=O) groups excluding carboxylic acids is 2. The van der Waals surface area contributed by atoms with E-state index in [4.69, 9.17) is 28.3 Å². The fourth-order valence-corrected chi connectivity index (χ4v) is 6.56. The molecule has 1 saturated heterocycles. The van der Waals surface area contributed by atoms with Gasteiger partial charge in [-0.1, -0.05) is 83.1 Å². The summed E-state index contributed by atoms with van der Waals surface area (Å²) in [7, 11) is 1.29. The molecule has 2 aromatic heterocycles. The molecule has 0 radical (unpaired) electrons. The Bertz CT molecular complexity index is 1660. The van der Waals surface area contributed by atoms with Gasteiger partial charge in [0.1, 0.15) is 17.7 Å². The van der Waals surface area contributed by atoms with Gasteiger partial charge in [-0.15, -0.1) is 0 Å². The van der Waals surface area contributed by atoms with Gasteiger partial charge in [-0.3, -0.25) is 4.79 Å². The number of aromatic amines is 1. The first-order valence-electron chi connectivity index (χ1n) is 15.4. The summed E-state index contributed by atoms with van der Waals surface area (Å²) >= 11 is 12.7. The molecule has 4 aromatic rings. The molecule has 2 amide bonds. The van der Waals surface area contributed by atoms with Crippen molar-refractivity contribution >= 4 is 35.6 Å². The largest absolute Gasteiger partial charge is 0.453 e. The van der Waals surface area contributed by atoms with Gasteiger partial charge in [0.25, 0.3) is 0 Å². The molecule has 46 heavy (non-hydrogen) atoms. The minimum atomic E-state index is -0.673. The Morgan fingerprint density at radius 2 is 1.59 bits per heavy atom. The highest BCUT2D eigenvalue weighted by Gasteiger charge is 2.37. The Morgan fingerprint density at radius 1 is 0.978 bits per heavy atom. The van der Waals surface area contributed by atoms with Gasteiger partial charge in [0.15, 0.2) is 0 Å². The summed E-state index contributed by atoms with van der Waals surface area (Å²) in [5.74, 6) is 1.17. The zero-order chi connectivity index (χ0) is 33.2. The number of H-pyrrole nitrogens is 1.